The maximum atomic E-state index is 13.5. The van der Waals surface area contributed by atoms with Crippen molar-refractivity contribution >= 4 is 23.6 Å². The molecule has 0 saturated carbocycles. The summed E-state index contributed by atoms with van der Waals surface area (Å²) in [4.78, 5) is 23.9. The molecule has 6 nitrogen and oxygen atoms in total. The molecule has 0 spiro atoms. The van der Waals surface area contributed by atoms with Crippen molar-refractivity contribution in [3.63, 3.8) is 0 Å². The lowest BCUT2D eigenvalue weighted by Gasteiger charge is -2.26. The van der Waals surface area contributed by atoms with Gasteiger partial charge in [0.05, 0.1) is 12.3 Å². The molecule has 1 heterocycles. The number of hydrogen-bond donors (Lipinski definition) is 1. The predicted molar refractivity (Wildman–Crippen MR) is 97.4 cm³/mol. The molecule has 0 aliphatic carbocycles. The third kappa shape index (κ3) is 5.62. The number of hydrogen-bond acceptors (Lipinski definition) is 6. The van der Waals surface area contributed by atoms with Crippen molar-refractivity contribution in [1.29, 1.82) is 0 Å². The first kappa shape index (κ1) is 19.0. The van der Waals surface area contributed by atoms with Gasteiger partial charge in [-0.2, -0.15) is 0 Å². The molecule has 2 aromatic rings. The molecule has 27 heavy (non-hydrogen) atoms. The van der Waals surface area contributed by atoms with Crippen LogP contribution in [0.2, 0.25) is 0 Å². The molecule has 1 amide bonds. The molecule has 2 aromatic carbocycles. The number of carbonyl (C=O) groups is 2. The van der Waals surface area contributed by atoms with E-state index in [4.69, 9.17) is 14.2 Å². The van der Waals surface area contributed by atoms with Crippen LogP contribution in [0.4, 0.5) is 4.39 Å². The number of rotatable bonds is 7. The van der Waals surface area contributed by atoms with E-state index >= 15 is 0 Å². The minimum atomic E-state index is -0.593. The Morgan fingerprint density at radius 2 is 1.89 bits per heavy atom. The maximum Gasteiger partial charge on any atom is 0.316 e. The lowest BCUT2D eigenvalue weighted by atomic mass is 10.2. The zero-order valence-electron chi connectivity index (χ0n) is 14.4. The normalized spacial score (nSPS) is 15.1. The highest BCUT2D eigenvalue weighted by atomic mass is 32.2. The number of halogens is 1. The van der Waals surface area contributed by atoms with Gasteiger partial charge in [0.1, 0.15) is 18.5 Å². The van der Waals surface area contributed by atoms with Crippen LogP contribution in [-0.2, 0) is 14.3 Å². The van der Waals surface area contributed by atoms with Crippen molar-refractivity contribution in [2.75, 3.05) is 25.5 Å². The molecule has 1 aliphatic rings. The second-order valence-corrected chi connectivity index (χ2v) is 6.70. The predicted octanol–water partition coefficient (Wildman–Crippen LogP) is 2.42. The summed E-state index contributed by atoms with van der Waals surface area (Å²) in [5.41, 5.74) is 0. The van der Waals surface area contributed by atoms with Crippen molar-refractivity contribution in [3.05, 3.63) is 54.3 Å². The lowest BCUT2D eigenvalue weighted by molar-refractivity contribution is -0.146. The Morgan fingerprint density at radius 3 is 2.70 bits per heavy atom. The largest absolute Gasteiger partial charge is 0.486 e. The number of nitrogens with one attached hydrogen (secondary N) is 1. The van der Waals surface area contributed by atoms with Gasteiger partial charge in [0.25, 0.3) is 5.91 Å². The number of thioether (sulfide) groups is 1. The van der Waals surface area contributed by atoms with E-state index in [1.807, 2.05) is 18.2 Å². The maximum absolute atomic E-state index is 13.5. The zero-order chi connectivity index (χ0) is 19.1. The van der Waals surface area contributed by atoms with Gasteiger partial charge in [-0.1, -0.05) is 24.3 Å². The second-order valence-electron chi connectivity index (χ2n) is 5.68. The lowest BCUT2D eigenvalue weighted by Crippen LogP contribution is -2.42. The number of carbonyl (C=O) groups excluding carboxylic acids is 2. The van der Waals surface area contributed by atoms with Crippen molar-refractivity contribution < 1.29 is 28.2 Å². The average Bonchev–Trinajstić information content (AvgIpc) is 2.70. The van der Waals surface area contributed by atoms with Gasteiger partial charge in [0, 0.05) is 4.90 Å². The third-order valence-corrected chi connectivity index (χ3v) is 4.66. The highest BCUT2D eigenvalue weighted by Crippen LogP contribution is 2.30. The van der Waals surface area contributed by atoms with Crippen LogP contribution >= 0.6 is 11.8 Å². The summed E-state index contributed by atoms with van der Waals surface area (Å²) in [6, 6.07) is 13.4. The van der Waals surface area contributed by atoms with Gasteiger partial charge in [-0.05, 0) is 24.3 Å². The molecule has 0 fully saturated rings. The van der Waals surface area contributed by atoms with Crippen LogP contribution in [0.1, 0.15) is 0 Å². The van der Waals surface area contributed by atoms with E-state index < -0.39 is 24.3 Å². The highest BCUT2D eigenvalue weighted by Gasteiger charge is 2.21. The van der Waals surface area contributed by atoms with Crippen molar-refractivity contribution in [2.45, 2.75) is 11.0 Å². The minimum absolute atomic E-state index is 0.0788. The molecule has 0 aromatic heterocycles. The monoisotopic (exact) mass is 391 g/mol. The number of benzene rings is 2. The van der Waals surface area contributed by atoms with Crippen molar-refractivity contribution in [1.82, 2.24) is 5.32 Å². The van der Waals surface area contributed by atoms with Gasteiger partial charge in [-0.25, -0.2) is 4.39 Å². The first-order chi connectivity index (χ1) is 13.1. The van der Waals surface area contributed by atoms with E-state index in [1.54, 1.807) is 24.3 Å². The molecule has 0 bridgehead atoms. The summed E-state index contributed by atoms with van der Waals surface area (Å²) >= 11 is 1.02. The van der Waals surface area contributed by atoms with Crippen LogP contribution in [0.5, 0.6) is 11.5 Å². The zero-order valence-corrected chi connectivity index (χ0v) is 15.2. The summed E-state index contributed by atoms with van der Waals surface area (Å²) in [5, 5.41) is 2.63. The second kappa shape index (κ2) is 9.27. The van der Waals surface area contributed by atoms with Crippen LogP contribution in [0.15, 0.2) is 53.4 Å². The Balaban J connectivity index is 1.34. The number of esters is 1. The average molecular weight is 391 g/mol. The van der Waals surface area contributed by atoms with Crippen molar-refractivity contribution in [3.8, 4) is 11.5 Å². The molecule has 1 N–H and O–H groups in total. The summed E-state index contributed by atoms with van der Waals surface area (Å²) < 4.78 is 29.6. The Hall–Kier alpha value is -2.74. The van der Waals surface area contributed by atoms with E-state index in [0.29, 0.717) is 23.0 Å². The molecule has 8 heteroatoms. The minimum Gasteiger partial charge on any atom is -0.486 e. The molecular weight excluding hydrogens is 373 g/mol. The molecule has 1 aliphatic heterocycles. The van der Waals surface area contributed by atoms with Gasteiger partial charge in [-0.15, -0.1) is 11.8 Å². The quantitative estimate of drug-likeness (QED) is 0.577. The van der Waals surface area contributed by atoms with Gasteiger partial charge in [0.2, 0.25) is 0 Å². The van der Waals surface area contributed by atoms with Gasteiger partial charge in [-0.3, -0.25) is 9.59 Å². The van der Waals surface area contributed by atoms with Crippen molar-refractivity contribution in [2.24, 2.45) is 0 Å². The van der Waals surface area contributed by atoms with E-state index in [-0.39, 0.29) is 18.4 Å². The Kier molecular flexibility index (Phi) is 6.54. The number of para-hydroxylation sites is 2. The van der Waals surface area contributed by atoms with Gasteiger partial charge >= 0.3 is 5.97 Å². The Morgan fingerprint density at radius 1 is 1.15 bits per heavy atom. The fourth-order valence-electron chi connectivity index (χ4n) is 2.33. The SMILES string of the molecule is O=C(COC(=O)CSc1ccccc1F)NC[C@@H]1COc2ccccc2O1. The standard InChI is InChI=1S/C19H18FNO5S/c20-14-5-1-4-8-17(14)27-12-19(23)25-11-18(22)21-9-13-10-24-15-6-2-3-7-16(15)26-13/h1-8,13H,9-12H2,(H,21,22)/t13-/m1/s1. The summed E-state index contributed by atoms with van der Waals surface area (Å²) in [6.45, 7) is 0.145. The molecule has 3 rings (SSSR count). The van der Waals surface area contributed by atoms with Crippen LogP contribution in [-0.4, -0.2) is 43.5 Å². The molecule has 1 atom stereocenters. The molecule has 142 valence electrons. The summed E-state index contributed by atoms with van der Waals surface area (Å²) in [6.07, 6.45) is -0.323. The number of ether oxygens (including phenoxy) is 3. The summed E-state index contributed by atoms with van der Waals surface area (Å²) in [7, 11) is 0. The van der Waals surface area contributed by atoms with E-state index in [0.717, 1.165) is 11.8 Å². The van der Waals surface area contributed by atoms with E-state index in [2.05, 4.69) is 5.32 Å². The van der Waals surface area contributed by atoms with Crippen LogP contribution in [0, 0.1) is 5.82 Å². The number of fused-ring (bicyclic) bond motifs is 1. The van der Waals surface area contributed by atoms with E-state index in [9.17, 15) is 14.0 Å². The smallest absolute Gasteiger partial charge is 0.316 e. The molecule has 0 unspecified atom stereocenters. The fourth-order valence-corrected chi connectivity index (χ4v) is 3.07. The van der Waals surface area contributed by atoms with Gasteiger partial charge < -0.3 is 19.5 Å². The van der Waals surface area contributed by atoms with E-state index in [1.165, 1.54) is 6.07 Å². The third-order valence-electron chi connectivity index (χ3n) is 3.64. The van der Waals surface area contributed by atoms with Crippen LogP contribution in [0.25, 0.3) is 0 Å². The van der Waals surface area contributed by atoms with Crippen LogP contribution in [0.3, 0.4) is 0 Å². The molecular formula is C19H18FNO5S. The fraction of sp³-hybridized carbons (Fsp3) is 0.263. The molecule has 0 radical (unpaired) electrons. The first-order valence-corrected chi connectivity index (χ1v) is 9.28. The number of amides is 1. The summed E-state index contributed by atoms with van der Waals surface area (Å²) in [5.74, 6) is -0.221. The highest BCUT2D eigenvalue weighted by molar-refractivity contribution is 8.00. The topological polar surface area (TPSA) is 73.9 Å². The first-order valence-electron chi connectivity index (χ1n) is 8.30. The Bertz CT molecular complexity index is 816. The molecule has 0 saturated heterocycles. The van der Waals surface area contributed by atoms with Gasteiger partial charge in [0.15, 0.2) is 18.1 Å². The van der Waals surface area contributed by atoms with Crippen LogP contribution < -0.4 is 14.8 Å². The Labute approximate surface area is 160 Å².